The van der Waals surface area contributed by atoms with Gasteiger partial charge >= 0.3 is 0 Å². The molecule has 0 saturated carbocycles. The average molecular weight is 482 g/mol. The SMILES string of the molecule is CO[C@@H](COCc1ccccc1)[C@@H](OCc1ccccc1)/C(C)=C/[C@H](C)[C@@H](O)C1=NC(C)(C)CO1. The Bertz CT molecular complexity index is 958. The summed E-state index contributed by atoms with van der Waals surface area (Å²) in [7, 11) is 1.67. The predicted octanol–water partition coefficient (Wildman–Crippen LogP) is 4.95. The molecule has 0 bridgehead atoms. The molecule has 190 valence electrons. The van der Waals surface area contributed by atoms with E-state index < -0.39 is 6.10 Å². The third-order valence-corrected chi connectivity index (χ3v) is 6.02. The van der Waals surface area contributed by atoms with Gasteiger partial charge in [-0.1, -0.05) is 73.7 Å². The highest BCUT2D eigenvalue weighted by atomic mass is 16.6. The fourth-order valence-electron chi connectivity index (χ4n) is 4.03. The van der Waals surface area contributed by atoms with E-state index in [2.05, 4.69) is 4.99 Å². The second-order valence-electron chi connectivity index (χ2n) is 9.76. The molecule has 2 aromatic carbocycles. The van der Waals surface area contributed by atoms with Crippen molar-refractivity contribution < 1.29 is 24.1 Å². The van der Waals surface area contributed by atoms with E-state index in [0.29, 0.717) is 32.3 Å². The Hall–Kier alpha value is -2.51. The maximum Gasteiger partial charge on any atom is 0.214 e. The molecule has 0 radical (unpaired) electrons. The molecule has 0 spiro atoms. The molecule has 6 nitrogen and oxygen atoms in total. The number of hydrogen-bond donors (Lipinski definition) is 1. The highest BCUT2D eigenvalue weighted by Crippen LogP contribution is 2.24. The second-order valence-corrected chi connectivity index (χ2v) is 9.76. The zero-order chi connectivity index (χ0) is 25.3. The maximum atomic E-state index is 10.9. The molecular formula is C29H39NO5. The number of hydrogen-bond acceptors (Lipinski definition) is 6. The van der Waals surface area contributed by atoms with Gasteiger partial charge in [0.05, 0.1) is 25.4 Å². The fraction of sp³-hybridized carbons (Fsp3) is 0.483. The van der Waals surface area contributed by atoms with E-state index in [9.17, 15) is 5.11 Å². The van der Waals surface area contributed by atoms with Gasteiger partial charge in [0.25, 0.3) is 0 Å². The highest BCUT2D eigenvalue weighted by Gasteiger charge is 2.33. The number of ether oxygens (including phenoxy) is 4. The van der Waals surface area contributed by atoms with Crippen molar-refractivity contribution >= 4 is 5.90 Å². The van der Waals surface area contributed by atoms with Crippen LogP contribution in [0.4, 0.5) is 0 Å². The summed E-state index contributed by atoms with van der Waals surface area (Å²) >= 11 is 0. The zero-order valence-corrected chi connectivity index (χ0v) is 21.5. The lowest BCUT2D eigenvalue weighted by molar-refractivity contribution is -0.0827. The van der Waals surface area contributed by atoms with Crippen LogP contribution in [0.2, 0.25) is 0 Å². The van der Waals surface area contributed by atoms with E-state index in [1.807, 2.05) is 94.4 Å². The Morgan fingerprint density at radius 3 is 2.20 bits per heavy atom. The van der Waals surface area contributed by atoms with E-state index in [-0.39, 0.29) is 23.7 Å². The van der Waals surface area contributed by atoms with Crippen LogP contribution < -0.4 is 0 Å². The Morgan fingerprint density at radius 2 is 1.66 bits per heavy atom. The lowest BCUT2D eigenvalue weighted by atomic mass is 9.97. The molecule has 0 saturated heterocycles. The zero-order valence-electron chi connectivity index (χ0n) is 21.5. The van der Waals surface area contributed by atoms with E-state index in [0.717, 1.165) is 16.7 Å². The standard InChI is InChI=1S/C29H39NO5/c1-21(26(31)28-30-29(3,4)20-35-28)16-22(2)27(34-18-24-14-10-7-11-15-24)25(32-5)19-33-17-23-12-8-6-9-13-23/h6-16,21,25-27,31H,17-20H2,1-5H3/b22-16+/t21-,25-,26+,27-/m0/s1. The third-order valence-electron chi connectivity index (χ3n) is 6.02. The van der Waals surface area contributed by atoms with Crippen molar-refractivity contribution in [3.8, 4) is 0 Å². The molecule has 6 heteroatoms. The minimum atomic E-state index is -0.822. The monoisotopic (exact) mass is 481 g/mol. The number of rotatable bonds is 13. The number of nitrogens with zero attached hydrogens (tertiary/aromatic N) is 1. The molecule has 0 amide bonds. The van der Waals surface area contributed by atoms with Crippen LogP contribution in [-0.2, 0) is 32.2 Å². The minimum Gasteiger partial charge on any atom is -0.477 e. The number of methoxy groups -OCH3 is 1. The molecule has 2 aromatic rings. The first-order valence-corrected chi connectivity index (χ1v) is 12.2. The molecule has 3 rings (SSSR count). The van der Waals surface area contributed by atoms with Crippen molar-refractivity contribution in [1.29, 1.82) is 0 Å². The molecule has 0 aliphatic carbocycles. The van der Waals surface area contributed by atoms with Crippen molar-refractivity contribution in [1.82, 2.24) is 0 Å². The van der Waals surface area contributed by atoms with Crippen LogP contribution in [0.25, 0.3) is 0 Å². The van der Waals surface area contributed by atoms with E-state index >= 15 is 0 Å². The van der Waals surface area contributed by atoms with Crippen LogP contribution in [-0.4, -0.2) is 55.2 Å². The number of aliphatic hydroxyl groups excluding tert-OH is 1. The van der Waals surface area contributed by atoms with Gasteiger partial charge in [-0.15, -0.1) is 0 Å². The first-order valence-electron chi connectivity index (χ1n) is 12.2. The topological polar surface area (TPSA) is 69.5 Å². The van der Waals surface area contributed by atoms with Crippen LogP contribution in [0.1, 0.15) is 38.8 Å². The van der Waals surface area contributed by atoms with Crippen molar-refractivity contribution in [2.24, 2.45) is 10.9 Å². The smallest absolute Gasteiger partial charge is 0.214 e. The summed E-state index contributed by atoms with van der Waals surface area (Å²) in [5.74, 6) is 0.177. The van der Waals surface area contributed by atoms with Crippen LogP contribution in [0.3, 0.4) is 0 Å². The summed E-state index contributed by atoms with van der Waals surface area (Å²) < 4.78 is 23.8. The largest absolute Gasteiger partial charge is 0.477 e. The number of aliphatic imine (C=N–C) groups is 1. The molecule has 4 atom stereocenters. The Kier molecular flexibility index (Phi) is 10.0. The number of aliphatic hydroxyl groups is 1. The van der Waals surface area contributed by atoms with E-state index in [1.165, 1.54) is 0 Å². The van der Waals surface area contributed by atoms with Crippen molar-refractivity contribution in [3.05, 3.63) is 83.4 Å². The normalized spacial score (nSPS) is 18.9. The highest BCUT2D eigenvalue weighted by molar-refractivity contribution is 5.83. The summed E-state index contributed by atoms with van der Waals surface area (Å²) in [5.41, 5.74) is 2.83. The van der Waals surface area contributed by atoms with Crippen molar-refractivity contribution in [3.63, 3.8) is 0 Å². The first kappa shape index (κ1) is 27.1. The van der Waals surface area contributed by atoms with Gasteiger partial charge in [0.1, 0.15) is 24.9 Å². The van der Waals surface area contributed by atoms with Gasteiger partial charge in [-0.2, -0.15) is 0 Å². The first-order chi connectivity index (χ1) is 16.8. The molecule has 1 aliphatic heterocycles. The van der Waals surface area contributed by atoms with Gasteiger partial charge in [0, 0.05) is 13.0 Å². The van der Waals surface area contributed by atoms with Gasteiger partial charge in [-0.05, 0) is 37.5 Å². The molecule has 0 aromatic heterocycles. The average Bonchev–Trinajstić information content (AvgIpc) is 3.23. The molecule has 1 aliphatic rings. The Labute approximate surface area is 209 Å². The van der Waals surface area contributed by atoms with Crippen molar-refractivity contribution in [2.75, 3.05) is 20.3 Å². The Balaban J connectivity index is 1.72. The summed E-state index contributed by atoms with van der Waals surface area (Å²) in [5, 5.41) is 10.9. The molecule has 0 fully saturated rings. The molecule has 35 heavy (non-hydrogen) atoms. The summed E-state index contributed by atoms with van der Waals surface area (Å²) in [6.07, 6.45) is 0.521. The molecule has 0 unspecified atom stereocenters. The van der Waals surface area contributed by atoms with Gasteiger partial charge in [-0.3, -0.25) is 0 Å². The second kappa shape index (κ2) is 13.0. The van der Waals surface area contributed by atoms with Crippen molar-refractivity contribution in [2.45, 2.75) is 64.8 Å². The fourth-order valence-corrected chi connectivity index (χ4v) is 4.03. The lowest BCUT2D eigenvalue weighted by Gasteiger charge is -2.28. The van der Waals surface area contributed by atoms with Gasteiger partial charge in [0.15, 0.2) is 0 Å². The Morgan fingerprint density at radius 1 is 1.06 bits per heavy atom. The summed E-state index contributed by atoms with van der Waals surface area (Å²) in [6.45, 7) is 9.72. The molecule has 1 N–H and O–H groups in total. The van der Waals surface area contributed by atoms with Crippen LogP contribution >= 0.6 is 0 Å². The predicted molar refractivity (Wildman–Crippen MR) is 138 cm³/mol. The van der Waals surface area contributed by atoms with E-state index in [4.69, 9.17) is 18.9 Å². The summed E-state index contributed by atoms with van der Waals surface area (Å²) in [6, 6.07) is 20.1. The summed E-state index contributed by atoms with van der Waals surface area (Å²) in [4.78, 5) is 4.53. The quantitative estimate of drug-likeness (QED) is 0.410. The van der Waals surface area contributed by atoms with Crippen LogP contribution in [0.15, 0.2) is 77.3 Å². The maximum absolute atomic E-state index is 10.9. The minimum absolute atomic E-state index is 0.215. The third kappa shape index (κ3) is 8.29. The van der Waals surface area contributed by atoms with E-state index in [1.54, 1.807) is 7.11 Å². The van der Waals surface area contributed by atoms with Gasteiger partial charge in [-0.25, -0.2) is 4.99 Å². The van der Waals surface area contributed by atoms with Crippen LogP contribution in [0, 0.1) is 5.92 Å². The lowest BCUT2D eigenvalue weighted by Crippen LogP contribution is -2.36. The number of benzene rings is 2. The molecule has 1 heterocycles. The van der Waals surface area contributed by atoms with Crippen LogP contribution in [0.5, 0.6) is 0 Å². The van der Waals surface area contributed by atoms with Gasteiger partial charge < -0.3 is 24.1 Å². The van der Waals surface area contributed by atoms with Gasteiger partial charge in [0.2, 0.25) is 5.90 Å². The molecular weight excluding hydrogens is 442 g/mol.